The summed E-state index contributed by atoms with van der Waals surface area (Å²) >= 11 is 6.70. The Labute approximate surface area is 198 Å². The predicted molar refractivity (Wildman–Crippen MR) is 133 cm³/mol. The van der Waals surface area contributed by atoms with Crippen LogP contribution in [0.15, 0.2) is 83.3 Å². The van der Waals surface area contributed by atoms with Crippen molar-refractivity contribution >= 4 is 34.2 Å². The fourth-order valence-electron chi connectivity index (χ4n) is 4.44. The number of carbonyl (C=O) groups excluding carboxylic acids is 1. The van der Waals surface area contributed by atoms with Crippen LogP contribution in [-0.2, 0) is 0 Å². The number of hydrogen-bond acceptors (Lipinski definition) is 4. The highest BCUT2D eigenvalue weighted by Crippen LogP contribution is 2.42. The van der Waals surface area contributed by atoms with Gasteiger partial charge in [0, 0.05) is 42.2 Å². The van der Waals surface area contributed by atoms with Crippen LogP contribution in [0.1, 0.15) is 27.7 Å². The van der Waals surface area contributed by atoms with E-state index in [2.05, 4.69) is 22.2 Å². The molecule has 33 heavy (non-hydrogen) atoms. The Bertz CT molecular complexity index is 1260. The molecule has 5 rings (SSSR count). The molecule has 1 atom stereocenters. The second-order valence-electron chi connectivity index (χ2n) is 8.42. The third kappa shape index (κ3) is 4.40. The molecule has 168 valence electrons. The lowest BCUT2D eigenvalue weighted by Gasteiger charge is -2.37. The number of para-hydroxylation sites is 1. The first-order chi connectivity index (χ1) is 16.1. The number of nitrogens with zero attached hydrogens (tertiary/aromatic N) is 2. The van der Waals surface area contributed by atoms with Crippen LogP contribution in [0.2, 0.25) is 5.02 Å². The van der Waals surface area contributed by atoms with E-state index < -0.39 is 0 Å². The van der Waals surface area contributed by atoms with Crippen molar-refractivity contribution < 1.29 is 9.21 Å². The van der Waals surface area contributed by atoms with Crippen LogP contribution in [0.25, 0.3) is 11.0 Å². The standard InChI is InChI=1S/C27H26ClN3O2/c1-30-15-17-31(18-16-30)25(20-11-5-7-13-22(20)28)26-24(21-12-6-8-14-23(21)33-26)29-27(32)19-9-3-2-4-10-19/h2-14,25H,15-18H2,1H3,(H,29,32)/t25-/m1/s1. The summed E-state index contributed by atoms with van der Waals surface area (Å²) in [5.41, 5.74) is 3.01. The van der Waals surface area contributed by atoms with E-state index in [-0.39, 0.29) is 11.9 Å². The number of benzene rings is 3. The summed E-state index contributed by atoms with van der Waals surface area (Å²) in [6.07, 6.45) is 0. The predicted octanol–water partition coefficient (Wildman–Crippen LogP) is 5.68. The molecule has 0 aliphatic carbocycles. The smallest absolute Gasteiger partial charge is 0.255 e. The number of rotatable bonds is 5. The maximum atomic E-state index is 13.2. The highest BCUT2D eigenvalue weighted by Gasteiger charge is 2.33. The van der Waals surface area contributed by atoms with Crippen molar-refractivity contribution in [3.8, 4) is 0 Å². The Hall–Kier alpha value is -3.12. The molecular weight excluding hydrogens is 434 g/mol. The van der Waals surface area contributed by atoms with Crippen molar-refractivity contribution in [2.24, 2.45) is 0 Å². The maximum Gasteiger partial charge on any atom is 0.255 e. The molecule has 1 aliphatic heterocycles. The minimum atomic E-state index is -0.217. The van der Waals surface area contributed by atoms with Crippen molar-refractivity contribution in [1.29, 1.82) is 0 Å². The van der Waals surface area contributed by atoms with Gasteiger partial charge < -0.3 is 14.6 Å². The van der Waals surface area contributed by atoms with Crippen LogP contribution in [0.4, 0.5) is 5.69 Å². The zero-order valence-corrected chi connectivity index (χ0v) is 19.3. The van der Waals surface area contributed by atoms with Gasteiger partial charge in [-0.15, -0.1) is 0 Å². The number of furan rings is 1. The number of piperazine rings is 1. The molecule has 0 spiro atoms. The van der Waals surface area contributed by atoms with E-state index in [0.29, 0.717) is 22.0 Å². The molecule has 0 radical (unpaired) electrons. The number of likely N-dealkylation sites (N-methyl/N-ethyl adjacent to an activating group) is 1. The molecule has 0 saturated carbocycles. The van der Waals surface area contributed by atoms with Crippen LogP contribution in [-0.4, -0.2) is 48.9 Å². The quantitative estimate of drug-likeness (QED) is 0.417. The average Bonchev–Trinajstić information content (AvgIpc) is 3.20. The molecular formula is C27H26ClN3O2. The fraction of sp³-hybridized carbons (Fsp3) is 0.222. The number of carbonyl (C=O) groups is 1. The fourth-order valence-corrected chi connectivity index (χ4v) is 4.68. The molecule has 1 aliphatic rings. The second kappa shape index (κ2) is 9.40. The molecule has 0 bridgehead atoms. The second-order valence-corrected chi connectivity index (χ2v) is 8.83. The lowest BCUT2D eigenvalue weighted by molar-refractivity contribution is 0.102. The zero-order chi connectivity index (χ0) is 22.8. The van der Waals surface area contributed by atoms with Crippen LogP contribution in [0, 0.1) is 0 Å². The van der Waals surface area contributed by atoms with Gasteiger partial charge >= 0.3 is 0 Å². The highest BCUT2D eigenvalue weighted by molar-refractivity contribution is 6.31. The number of anilines is 1. The normalized spacial score (nSPS) is 16.1. The molecule has 5 nitrogen and oxygen atoms in total. The van der Waals surface area contributed by atoms with Gasteiger partial charge in [-0.25, -0.2) is 0 Å². The van der Waals surface area contributed by atoms with Crippen LogP contribution >= 0.6 is 11.6 Å². The summed E-state index contributed by atoms with van der Waals surface area (Å²) in [6, 6.07) is 24.7. The monoisotopic (exact) mass is 459 g/mol. The third-order valence-electron chi connectivity index (χ3n) is 6.25. The van der Waals surface area contributed by atoms with Crippen molar-refractivity contribution in [2.75, 3.05) is 38.5 Å². The van der Waals surface area contributed by atoms with Gasteiger partial charge in [-0.05, 0) is 42.9 Å². The van der Waals surface area contributed by atoms with Crippen molar-refractivity contribution in [3.63, 3.8) is 0 Å². The van der Waals surface area contributed by atoms with Gasteiger partial charge in [-0.3, -0.25) is 9.69 Å². The maximum absolute atomic E-state index is 13.2. The Morgan fingerprint density at radius 2 is 1.58 bits per heavy atom. The van der Waals surface area contributed by atoms with Crippen LogP contribution < -0.4 is 5.32 Å². The summed E-state index contributed by atoms with van der Waals surface area (Å²) in [5, 5.41) is 4.71. The number of hydrogen-bond donors (Lipinski definition) is 1. The van der Waals surface area contributed by atoms with E-state index in [1.165, 1.54) is 0 Å². The number of fused-ring (bicyclic) bond motifs is 1. The summed E-state index contributed by atoms with van der Waals surface area (Å²) in [6.45, 7) is 3.64. The van der Waals surface area contributed by atoms with Crippen LogP contribution in [0.5, 0.6) is 0 Å². The SMILES string of the molecule is CN1CCN([C@H](c2ccccc2Cl)c2oc3ccccc3c2NC(=O)c2ccccc2)CC1. The van der Waals surface area contributed by atoms with Gasteiger partial charge in [0.05, 0.1) is 11.7 Å². The first-order valence-electron chi connectivity index (χ1n) is 11.2. The third-order valence-corrected chi connectivity index (χ3v) is 6.59. The lowest BCUT2D eigenvalue weighted by Crippen LogP contribution is -2.46. The van der Waals surface area contributed by atoms with Crippen molar-refractivity contribution in [1.82, 2.24) is 9.80 Å². The lowest BCUT2D eigenvalue weighted by atomic mass is 9.99. The van der Waals surface area contributed by atoms with Crippen LogP contribution in [0.3, 0.4) is 0 Å². The highest BCUT2D eigenvalue weighted by atomic mass is 35.5. The minimum absolute atomic E-state index is 0.167. The Morgan fingerprint density at radius 3 is 2.33 bits per heavy atom. The topological polar surface area (TPSA) is 48.7 Å². The van der Waals surface area contributed by atoms with Gasteiger partial charge in [0.2, 0.25) is 0 Å². The first-order valence-corrected chi connectivity index (χ1v) is 11.5. The molecule has 0 unspecified atom stereocenters. The Morgan fingerprint density at radius 1 is 0.909 bits per heavy atom. The molecule has 6 heteroatoms. The van der Waals surface area contributed by atoms with E-state index in [4.69, 9.17) is 16.0 Å². The number of nitrogens with one attached hydrogen (secondary N) is 1. The van der Waals surface area contributed by atoms with Crippen molar-refractivity contribution in [2.45, 2.75) is 6.04 Å². The average molecular weight is 460 g/mol. The molecule has 2 heterocycles. The van der Waals surface area contributed by atoms with Gasteiger partial charge in [0.15, 0.2) is 5.76 Å². The summed E-state index contributed by atoms with van der Waals surface area (Å²) in [5.74, 6) is 0.540. The van der Waals surface area contributed by atoms with E-state index in [1.54, 1.807) is 0 Å². The number of halogens is 1. The molecule has 1 aromatic heterocycles. The summed E-state index contributed by atoms with van der Waals surface area (Å²) in [4.78, 5) is 17.9. The summed E-state index contributed by atoms with van der Waals surface area (Å²) < 4.78 is 6.46. The molecule has 1 saturated heterocycles. The van der Waals surface area contributed by atoms with Gasteiger partial charge in [-0.2, -0.15) is 0 Å². The molecule has 1 N–H and O–H groups in total. The van der Waals surface area contributed by atoms with E-state index >= 15 is 0 Å². The number of amides is 1. The minimum Gasteiger partial charge on any atom is -0.457 e. The Kier molecular flexibility index (Phi) is 6.18. The molecule has 1 amide bonds. The van der Waals surface area contributed by atoms with E-state index in [0.717, 1.165) is 42.7 Å². The van der Waals surface area contributed by atoms with E-state index in [9.17, 15) is 4.79 Å². The largest absolute Gasteiger partial charge is 0.457 e. The van der Waals surface area contributed by atoms with Crippen molar-refractivity contribution in [3.05, 3.63) is 101 Å². The zero-order valence-electron chi connectivity index (χ0n) is 18.5. The molecule has 3 aromatic carbocycles. The van der Waals surface area contributed by atoms with E-state index in [1.807, 2.05) is 78.9 Å². The molecule has 4 aromatic rings. The van der Waals surface area contributed by atoms with Gasteiger partial charge in [0.25, 0.3) is 5.91 Å². The first kappa shape index (κ1) is 21.7. The van der Waals surface area contributed by atoms with Gasteiger partial charge in [-0.1, -0.05) is 60.1 Å². The van der Waals surface area contributed by atoms with Gasteiger partial charge in [0.1, 0.15) is 5.58 Å². The molecule has 1 fully saturated rings. The summed E-state index contributed by atoms with van der Waals surface area (Å²) in [7, 11) is 2.13. The Balaban J connectivity index is 1.64.